The first-order valence-corrected chi connectivity index (χ1v) is 11.3. The molecule has 0 saturated carbocycles. The Kier molecular flexibility index (Phi) is 10.7. The SMILES string of the molecule is COc1ccccc1/C=N/NC(=O)c1ccncc1.COc1ccccc1/C=N/NC(=O)c1ccncc1. The number of amides is 2. The highest BCUT2D eigenvalue weighted by Crippen LogP contribution is 2.15. The van der Waals surface area contributed by atoms with Crippen LogP contribution in [0.15, 0.2) is 108 Å². The standard InChI is InChI=1S/2C14H13N3O2/c2*1-19-13-5-3-2-4-12(13)10-16-17-14(18)11-6-8-15-9-7-11/h2*2-10H,1H3,(H,17,18)/b2*16-10+. The number of hydrazone groups is 2. The molecular weight excluding hydrogens is 484 g/mol. The number of hydrogen-bond acceptors (Lipinski definition) is 8. The van der Waals surface area contributed by atoms with E-state index < -0.39 is 0 Å². The molecule has 2 heterocycles. The van der Waals surface area contributed by atoms with Crippen molar-refractivity contribution in [1.29, 1.82) is 0 Å². The van der Waals surface area contributed by atoms with Crippen LogP contribution in [0.2, 0.25) is 0 Å². The fourth-order valence-corrected chi connectivity index (χ4v) is 3.00. The van der Waals surface area contributed by atoms with E-state index in [-0.39, 0.29) is 11.8 Å². The monoisotopic (exact) mass is 510 g/mol. The Hall–Kier alpha value is -5.38. The number of hydrogen-bond donors (Lipinski definition) is 2. The quantitative estimate of drug-likeness (QED) is 0.275. The third kappa shape index (κ3) is 8.38. The fourth-order valence-electron chi connectivity index (χ4n) is 3.00. The highest BCUT2D eigenvalue weighted by molar-refractivity contribution is 5.95. The van der Waals surface area contributed by atoms with Gasteiger partial charge in [0.25, 0.3) is 11.8 Å². The van der Waals surface area contributed by atoms with Crippen molar-refractivity contribution in [3.63, 3.8) is 0 Å². The zero-order valence-electron chi connectivity index (χ0n) is 20.8. The van der Waals surface area contributed by atoms with Crippen LogP contribution >= 0.6 is 0 Å². The maximum Gasteiger partial charge on any atom is 0.271 e. The van der Waals surface area contributed by atoms with Gasteiger partial charge in [-0.1, -0.05) is 24.3 Å². The number of methoxy groups -OCH3 is 2. The first-order chi connectivity index (χ1) is 18.6. The summed E-state index contributed by atoms with van der Waals surface area (Å²) in [6.07, 6.45) is 9.30. The van der Waals surface area contributed by atoms with E-state index in [4.69, 9.17) is 9.47 Å². The Morgan fingerprint density at radius 1 is 0.632 bits per heavy atom. The largest absolute Gasteiger partial charge is 0.496 e. The molecule has 10 nitrogen and oxygen atoms in total. The second kappa shape index (κ2) is 14.9. The van der Waals surface area contributed by atoms with E-state index in [2.05, 4.69) is 31.0 Å². The van der Waals surface area contributed by atoms with Crippen LogP contribution in [0, 0.1) is 0 Å². The van der Waals surface area contributed by atoms with E-state index in [0.717, 1.165) is 11.1 Å². The molecule has 2 N–H and O–H groups in total. The maximum absolute atomic E-state index is 11.7. The van der Waals surface area contributed by atoms with Gasteiger partial charge in [-0.15, -0.1) is 0 Å². The number of aromatic nitrogens is 2. The molecule has 0 unspecified atom stereocenters. The zero-order chi connectivity index (χ0) is 27.0. The van der Waals surface area contributed by atoms with Gasteiger partial charge in [0.15, 0.2) is 0 Å². The second-order valence-electron chi connectivity index (χ2n) is 7.35. The van der Waals surface area contributed by atoms with Gasteiger partial charge in [-0.25, -0.2) is 10.9 Å². The molecule has 0 bridgehead atoms. The lowest BCUT2D eigenvalue weighted by Crippen LogP contribution is -2.17. The van der Waals surface area contributed by atoms with Crippen molar-refractivity contribution in [2.75, 3.05) is 14.2 Å². The third-order valence-electron chi connectivity index (χ3n) is 4.90. The molecule has 0 saturated heterocycles. The molecule has 0 radical (unpaired) electrons. The molecule has 10 heteroatoms. The Labute approximate surface area is 220 Å². The summed E-state index contributed by atoms with van der Waals surface area (Å²) in [6.45, 7) is 0. The first-order valence-electron chi connectivity index (χ1n) is 11.3. The molecule has 2 aromatic carbocycles. The van der Waals surface area contributed by atoms with Crippen molar-refractivity contribution in [3.05, 3.63) is 120 Å². The summed E-state index contributed by atoms with van der Waals surface area (Å²) in [5.74, 6) is 0.830. The number of benzene rings is 2. The molecule has 0 atom stereocenters. The Morgan fingerprint density at radius 3 is 1.37 bits per heavy atom. The van der Waals surface area contributed by atoms with Gasteiger partial charge in [-0.2, -0.15) is 10.2 Å². The number of para-hydroxylation sites is 2. The number of carbonyl (C=O) groups excluding carboxylic acids is 2. The molecule has 0 spiro atoms. The average Bonchev–Trinajstić information content (AvgIpc) is 2.98. The lowest BCUT2D eigenvalue weighted by Gasteiger charge is -2.03. The van der Waals surface area contributed by atoms with Gasteiger partial charge in [0.1, 0.15) is 11.5 Å². The number of carbonyl (C=O) groups is 2. The van der Waals surface area contributed by atoms with E-state index in [0.29, 0.717) is 22.6 Å². The Morgan fingerprint density at radius 2 is 1.00 bits per heavy atom. The van der Waals surface area contributed by atoms with E-state index in [9.17, 15) is 9.59 Å². The van der Waals surface area contributed by atoms with Crippen molar-refractivity contribution in [2.45, 2.75) is 0 Å². The summed E-state index contributed by atoms with van der Waals surface area (Å²) in [7, 11) is 3.17. The predicted molar refractivity (Wildman–Crippen MR) is 145 cm³/mol. The van der Waals surface area contributed by atoms with E-state index in [1.807, 2.05) is 48.5 Å². The van der Waals surface area contributed by atoms with Gasteiger partial charge in [0.05, 0.1) is 26.6 Å². The van der Waals surface area contributed by atoms with Crippen LogP contribution in [0.1, 0.15) is 31.8 Å². The molecule has 38 heavy (non-hydrogen) atoms. The Balaban J connectivity index is 0.000000211. The third-order valence-corrected chi connectivity index (χ3v) is 4.90. The van der Waals surface area contributed by atoms with Crippen molar-refractivity contribution < 1.29 is 19.1 Å². The van der Waals surface area contributed by atoms with Crippen LogP contribution < -0.4 is 20.3 Å². The molecule has 0 aliphatic heterocycles. The lowest BCUT2D eigenvalue weighted by atomic mass is 10.2. The predicted octanol–water partition coefficient (Wildman–Crippen LogP) is 3.71. The minimum absolute atomic E-state index is 0.284. The molecule has 192 valence electrons. The normalized spacial score (nSPS) is 10.4. The van der Waals surface area contributed by atoms with Crippen LogP contribution in [0.25, 0.3) is 0 Å². The Bertz CT molecular complexity index is 1270. The van der Waals surface area contributed by atoms with Gasteiger partial charge in [-0.3, -0.25) is 19.6 Å². The van der Waals surface area contributed by atoms with E-state index in [1.165, 1.54) is 12.4 Å². The summed E-state index contributed by atoms with van der Waals surface area (Å²) in [5.41, 5.74) is 7.49. The number of ether oxygens (including phenoxy) is 2. The molecule has 0 fully saturated rings. The van der Waals surface area contributed by atoms with Crippen molar-refractivity contribution in [3.8, 4) is 11.5 Å². The van der Waals surface area contributed by atoms with Crippen LogP contribution in [-0.4, -0.2) is 48.4 Å². The summed E-state index contributed by atoms with van der Waals surface area (Å²) in [6, 6.07) is 21.3. The summed E-state index contributed by atoms with van der Waals surface area (Å²) in [4.78, 5) is 31.1. The van der Waals surface area contributed by atoms with Gasteiger partial charge < -0.3 is 9.47 Å². The van der Waals surface area contributed by atoms with Crippen LogP contribution in [0.4, 0.5) is 0 Å². The first kappa shape index (κ1) is 27.2. The number of nitrogens with one attached hydrogen (secondary N) is 2. The topological polar surface area (TPSA) is 127 Å². The van der Waals surface area contributed by atoms with Crippen molar-refractivity contribution in [2.24, 2.45) is 10.2 Å². The average molecular weight is 511 g/mol. The second-order valence-corrected chi connectivity index (χ2v) is 7.35. The fraction of sp³-hybridized carbons (Fsp3) is 0.0714. The van der Waals surface area contributed by atoms with Crippen molar-refractivity contribution >= 4 is 24.2 Å². The summed E-state index contributed by atoms with van der Waals surface area (Å²) in [5, 5.41) is 7.80. The molecule has 4 rings (SSSR count). The highest BCUT2D eigenvalue weighted by atomic mass is 16.5. The highest BCUT2D eigenvalue weighted by Gasteiger charge is 2.04. The molecule has 4 aromatic rings. The number of nitrogens with zero attached hydrogens (tertiary/aromatic N) is 4. The lowest BCUT2D eigenvalue weighted by molar-refractivity contribution is 0.0947. The van der Waals surface area contributed by atoms with E-state index in [1.54, 1.807) is 63.3 Å². The number of pyridine rings is 2. The zero-order valence-corrected chi connectivity index (χ0v) is 20.8. The smallest absolute Gasteiger partial charge is 0.271 e. The minimum Gasteiger partial charge on any atom is -0.496 e. The molecule has 2 amide bonds. The van der Waals surface area contributed by atoms with Gasteiger partial charge in [0.2, 0.25) is 0 Å². The summed E-state index contributed by atoms with van der Waals surface area (Å²) >= 11 is 0. The van der Waals surface area contributed by atoms with Gasteiger partial charge in [-0.05, 0) is 48.5 Å². The van der Waals surface area contributed by atoms with Crippen LogP contribution in [0.3, 0.4) is 0 Å². The molecular formula is C28H26N6O4. The molecule has 0 aliphatic rings. The maximum atomic E-state index is 11.7. The number of rotatable bonds is 8. The van der Waals surface area contributed by atoms with Gasteiger partial charge in [0, 0.05) is 47.0 Å². The van der Waals surface area contributed by atoms with Crippen LogP contribution in [-0.2, 0) is 0 Å². The summed E-state index contributed by atoms with van der Waals surface area (Å²) < 4.78 is 10.4. The van der Waals surface area contributed by atoms with E-state index >= 15 is 0 Å². The molecule has 0 aliphatic carbocycles. The molecule has 2 aromatic heterocycles. The minimum atomic E-state index is -0.284. The van der Waals surface area contributed by atoms with Gasteiger partial charge >= 0.3 is 0 Å². The van der Waals surface area contributed by atoms with Crippen LogP contribution in [0.5, 0.6) is 11.5 Å². The van der Waals surface area contributed by atoms with Crippen molar-refractivity contribution in [1.82, 2.24) is 20.8 Å².